The van der Waals surface area contributed by atoms with Crippen LogP contribution >= 0.6 is 15.9 Å². The van der Waals surface area contributed by atoms with E-state index in [2.05, 4.69) is 26.6 Å². The molecule has 30 heavy (non-hydrogen) atoms. The van der Waals surface area contributed by atoms with Crippen LogP contribution < -0.4 is 10.6 Å². The number of benzene rings is 3. The molecule has 0 saturated carbocycles. The van der Waals surface area contributed by atoms with Gasteiger partial charge in [0.1, 0.15) is 11.2 Å². The Bertz CT molecular complexity index is 1150. The van der Waals surface area contributed by atoms with Gasteiger partial charge in [-0.15, -0.1) is 0 Å². The van der Waals surface area contributed by atoms with Crippen LogP contribution in [0.5, 0.6) is 0 Å². The van der Waals surface area contributed by atoms with E-state index in [4.69, 9.17) is 0 Å². The number of nitrogens with one attached hydrogen (secondary N) is 2. The van der Waals surface area contributed by atoms with Crippen molar-refractivity contribution in [2.24, 2.45) is 0 Å². The molecule has 0 aromatic heterocycles. The first-order valence-electron chi connectivity index (χ1n) is 9.72. The molecule has 1 spiro atoms. The molecule has 5 rings (SSSR count). The van der Waals surface area contributed by atoms with E-state index in [1.54, 1.807) is 12.1 Å². The van der Waals surface area contributed by atoms with Crippen molar-refractivity contribution in [1.29, 1.82) is 0 Å². The van der Waals surface area contributed by atoms with Gasteiger partial charge >= 0.3 is 0 Å². The third-order valence-electron chi connectivity index (χ3n) is 6.18. The molecule has 3 atom stereocenters. The fourth-order valence-corrected chi connectivity index (χ4v) is 5.60. The summed E-state index contributed by atoms with van der Waals surface area (Å²) >= 11 is 3.47. The van der Waals surface area contributed by atoms with Crippen molar-refractivity contribution in [2.45, 2.75) is 23.8 Å². The molecule has 3 aromatic rings. The van der Waals surface area contributed by atoms with Gasteiger partial charge < -0.3 is 10.6 Å². The minimum atomic E-state index is -1.18. The zero-order valence-electron chi connectivity index (χ0n) is 15.9. The Morgan fingerprint density at radius 3 is 2.43 bits per heavy atom. The number of para-hydroxylation sites is 1. The van der Waals surface area contributed by atoms with E-state index in [-0.39, 0.29) is 18.2 Å². The first-order chi connectivity index (χ1) is 14.5. The zero-order valence-corrected chi connectivity index (χ0v) is 17.4. The van der Waals surface area contributed by atoms with Crippen LogP contribution in [0.2, 0.25) is 0 Å². The van der Waals surface area contributed by atoms with E-state index in [0.29, 0.717) is 15.7 Å². The molecule has 2 amide bonds. The largest absolute Gasteiger partial charge is 0.348 e. The highest BCUT2D eigenvalue weighted by molar-refractivity contribution is 9.10. The Kier molecular flexibility index (Phi) is 4.47. The summed E-state index contributed by atoms with van der Waals surface area (Å²) in [6.07, 6.45) is 0.00458. The van der Waals surface area contributed by atoms with Crippen molar-refractivity contribution in [3.8, 4) is 0 Å². The molecule has 0 aliphatic carbocycles. The predicted molar refractivity (Wildman–Crippen MR) is 116 cm³/mol. The fraction of sp³-hybridized carbons (Fsp3) is 0.167. The number of anilines is 1. The molecule has 2 aliphatic rings. The van der Waals surface area contributed by atoms with Crippen molar-refractivity contribution < 1.29 is 14.0 Å². The van der Waals surface area contributed by atoms with Gasteiger partial charge in [-0.2, -0.15) is 0 Å². The number of piperidine rings is 1. The zero-order chi connectivity index (χ0) is 20.9. The van der Waals surface area contributed by atoms with Gasteiger partial charge in [0, 0.05) is 28.1 Å². The summed E-state index contributed by atoms with van der Waals surface area (Å²) in [5.41, 5.74) is 1.42. The molecule has 0 bridgehead atoms. The van der Waals surface area contributed by atoms with Gasteiger partial charge in [0.25, 0.3) is 0 Å². The first-order valence-corrected chi connectivity index (χ1v) is 10.5. The lowest BCUT2D eigenvalue weighted by Gasteiger charge is -2.46. The first kappa shape index (κ1) is 19.0. The highest BCUT2D eigenvalue weighted by atomic mass is 79.9. The Morgan fingerprint density at radius 2 is 1.67 bits per heavy atom. The van der Waals surface area contributed by atoms with Crippen molar-refractivity contribution in [1.82, 2.24) is 5.32 Å². The molecule has 4 nitrogen and oxygen atoms in total. The average Bonchev–Trinajstić information content (AvgIpc) is 3.03. The van der Waals surface area contributed by atoms with Crippen LogP contribution in [0, 0.1) is 5.82 Å². The summed E-state index contributed by atoms with van der Waals surface area (Å²) in [5, 5.41) is 6.02. The van der Waals surface area contributed by atoms with Crippen LogP contribution in [-0.4, -0.2) is 11.8 Å². The topological polar surface area (TPSA) is 58.2 Å². The fourth-order valence-electron chi connectivity index (χ4n) is 4.98. The normalized spacial score (nSPS) is 25.0. The van der Waals surface area contributed by atoms with Crippen molar-refractivity contribution >= 4 is 33.4 Å². The number of carbonyl (C=O) groups excluding carboxylic acids is 2. The van der Waals surface area contributed by atoms with Gasteiger partial charge in [0.05, 0.1) is 6.04 Å². The lowest BCUT2D eigenvalue weighted by molar-refractivity contribution is -0.131. The van der Waals surface area contributed by atoms with Crippen LogP contribution in [0.1, 0.15) is 35.1 Å². The molecule has 0 radical (unpaired) electrons. The molecule has 6 heteroatoms. The van der Waals surface area contributed by atoms with E-state index < -0.39 is 23.2 Å². The minimum absolute atomic E-state index is 0.00458. The third kappa shape index (κ3) is 2.63. The van der Waals surface area contributed by atoms with E-state index >= 15 is 4.39 Å². The third-order valence-corrected chi connectivity index (χ3v) is 6.87. The van der Waals surface area contributed by atoms with E-state index in [1.807, 2.05) is 54.6 Å². The van der Waals surface area contributed by atoms with E-state index in [0.717, 1.165) is 11.1 Å². The number of carbonyl (C=O) groups is 2. The van der Waals surface area contributed by atoms with E-state index in [1.165, 1.54) is 6.07 Å². The number of rotatable bonds is 2. The second-order valence-corrected chi connectivity index (χ2v) is 8.53. The lowest BCUT2D eigenvalue weighted by atomic mass is 9.59. The summed E-state index contributed by atoms with van der Waals surface area (Å²) in [4.78, 5) is 26.5. The quantitative estimate of drug-likeness (QED) is 0.570. The van der Waals surface area contributed by atoms with Crippen molar-refractivity contribution in [2.75, 3.05) is 5.32 Å². The summed E-state index contributed by atoms with van der Waals surface area (Å²) in [7, 11) is 0. The Labute approximate surface area is 181 Å². The maximum absolute atomic E-state index is 15.1. The lowest BCUT2D eigenvalue weighted by Crippen LogP contribution is -2.57. The van der Waals surface area contributed by atoms with Gasteiger partial charge in [-0.25, -0.2) is 4.39 Å². The maximum Gasteiger partial charge on any atom is 0.238 e. The second-order valence-electron chi connectivity index (χ2n) is 7.67. The van der Waals surface area contributed by atoms with Gasteiger partial charge in [0.2, 0.25) is 11.8 Å². The SMILES string of the molecule is O=C1C[C@H](c2c(F)cccc2Br)[C@]2(C(=O)Nc3ccccc32)[C@@H](c2ccccc2)N1. The second kappa shape index (κ2) is 7.06. The standard InChI is InChI=1S/C24H18BrFN2O2/c25-17-10-6-11-18(26)21(17)16-13-20(29)28-22(14-7-2-1-3-8-14)24(16)15-9-4-5-12-19(15)27-23(24)30/h1-12,16,22H,13H2,(H,27,30)(H,28,29)/t16-,22-,24+/m1/s1. The molecule has 150 valence electrons. The van der Waals surface area contributed by atoms with Gasteiger partial charge in [-0.1, -0.05) is 70.5 Å². The number of fused-ring (bicyclic) bond motifs is 2. The summed E-state index contributed by atoms with van der Waals surface area (Å²) in [6, 6.07) is 20.9. The monoisotopic (exact) mass is 464 g/mol. The van der Waals surface area contributed by atoms with Crippen LogP contribution in [0.25, 0.3) is 0 Å². The molecular formula is C24H18BrFN2O2. The molecule has 2 aliphatic heterocycles. The van der Waals surface area contributed by atoms with Crippen LogP contribution in [-0.2, 0) is 15.0 Å². The Balaban J connectivity index is 1.84. The Morgan fingerprint density at radius 1 is 0.933 bits per heavy atom. The summed E-state index contributed by atoms with van der Waals surface area (Å²) in [6.45, 7) is 0. The summed E-state index contributed by atoms with van der Waals surface area (Å²) in [5.74, 6) is -1.58. The highest BCUT2D eigenvalue weighted by Crippen LogP contribution is 2.58. The molecule has 1 fully saturated rings. The van der Waals surface area contributed by atoms with Crippen molar-refractivity contribution in [3.05, 3.63) is 99.8 Å². The number of amides is 2. The number of hydrogen-bond donors (Lipinski definition) is 2. The summed E-state index contributed by atoms with van der Waals surface area (Å²) < 4.78 is 15.7. The van der Waals surface area contributed by atoms with E-state index in [9.17, 15) is 9.59 Å². The predicted octanol–water partition coefficient (Wildman–Crippen LogP) is 4.82. The molecule has 2 heterocycles. The van der Waals surface area contributed by atoms with Crippen LogP contribution in [0.4, 0.5) is 10.1 Å². The van der Waals surface area contributed by atoms with Crippen LogP contribution in [0.15, 0.2) is 77.3 Å². The van der Waals surface area contributed by atoms with Gasteiger partial charge in [-0.05, 0) is 29.3 Å². The molecular weight excluding hydrogens is 447 g/mol. The number of halogens is 2. The maximum atomic E-state index is 15.1. The van der Waals surface area contributed by atoms with Gasteiger partial charge in [0.15, 0.2) is 0 Å². The molecule has 2 N–H and O–H groups in total. The molecule has 1 saturated heterocycles. The number of hydrogen-bond acceptors (Lipinski definition) is 2. The molecule has 0 unspecified atom stereocenters. The van der Waals surface area contributed by atoms with Gasteiger partial charge in [-0.3, -0.25) is 9.59 Å². The minimum Gasteiger partial charge on any atom is -0.348 e. The Hall–Kier alpha value is -2.99. The molecule has 3 aromatic carbocycles. The highest BCUT2D eigenvalue weighted by Gasteiger charge is 2.61. The van der Waals surface area contributed by atoms with Crippen LogP contribution in [0.3, 0.4) is 0 Å². The smallest absolute Gasteiger partial charge is 0.238 e. The van der Waals surface area contributed by atoms with Crippen molar-refractivity contribution in [3.63, 3.8) is 0 Å². The average molecular weight is 465 g/mol.